The number of aromatic nitrogens is 1. The van der Waals surface area contributed by atoms with Gasteiger partial charge in [0.05, 0.1) is 17.3 Å². The molecule has 0 spiro atoms. The second-order valence-electron chi connectivity index (χ2n) is 5.76. The van der Waals surface area contributed by atoms with E-state index in [0.717, 1.165) is 16.3 Å². The minimum Gasteiger partial charge on any atom is -1.00 e. The third-order valence-electron chi connectivity index (χ3n) is 4.11. The molecule has 2 aliphatic rings. The number of hydrogen-bond acceptors (Lipinski definition) is 5. The number of halogens is 1. The smallest absolute Gasteiger partial charge is 0.291 e. The van der Waals surface area contributed by atoms with Crippen LogP contribution in [-0.4, -0.2) is 27.7 Å². The first-order chi connectivity index (χ1) is 11.6. The fourth-order valence-corrected chi connectivity index (χ4v) is 4.87. The van der Waals surface area contributed by atoms with E-state index in [1.165, 1.54) is 4.90 Å². The number of fused-ring (bicyclic) bond motifs is 2. The number of imide groups is 1. The molecule has 3 heterocycles. The number of nitrogens with one attached hydrogen (secondary N) is 1. The molecule has 0 bridgehead atoms. The highest BCUT2D eigenvalue weighted by Gasteiger charge is 2.38. The highest BCUT2D eigenvalue weighted by atomic mass is 79.9. The summed E-state index contributed by atoms with van der Waals surface area (Å²) < 4.78 is 2.20. The minimum absolute atomic E-state index is 0. The van der Waals surface area contributed by atoms with E-state index in [-0.39, 0.29) is 40.2 Å². The van der Waals surface area contributed by atoms with Crippen LogP contribution in [-0.2, 0) is 6.67 Å². The van der Waals surface area contributed by atoms with E-state index in [0.29, 0.717) is 11.1 Å². The van der Waals surface area contributed by atoms with Gasteiger partial charge in [-0.05, 0) is 36.9 Å². The van der Waals surface area contributed by atoms with Crippen LogP contribution in [0.3, 0.4) is 0 Å². The van der Waals surface area contributed by atoms with E-state index in [1.807, 2.05) is 17.7 Å². The number of anilines is 1. The van der Waals surface area contributed by atoms with Gasteiger partial charge in [0.25, 0.3) is 17.6 Å². The fourth-order valence-electron chi connectivity index (χ4n) is 3.00. The van der Waals surface area contributed by atoms with Gasteiger partial charge < -0.3 is 17.0 Å². The predicted octanol–water partition coefficient (Wildman–Crippen LogP) is -0.296. The second-order valence-corrected chi connectivity index (χ2v) is 8.14. The molecule has 0 aliphatic carbocycles. The first kappa shape index (κ1) is 18.3. The molecule has 1 N–H and O–H groups in total. The Morgan fingerprint density at radius 3 is 2.48 bits per heavy atom. The Labute approximate surface area is 164 Å². The van der Waals surface area contributed by atoms with E-state index >= 15 is 0 Å². The molecule has 25 heavy (non-hydrogen) atoms. The van der Waals surface area contributed by atoms with E-state index in [1.54, 1.807) is 47.8 Å². The molecule has 1 unspecified atom stereocenters. The summed E-state index contributed by atoms with van der Waals surface area (Å²) in [5.41, 5.74) is 2.06. The zero-order valence-corrected chi connectivity index (χ0v) is 16.9. The van der Waals surface area contributed by atoms with Crippen molar-refractivity contribution in [2.45, 2.75) is 23.2 Å². The van der Waals surface area contributed by atoms with Gasteiger partial charge in [-0.1, -0.05) is 23.9 Å². The van der Waals surface area contributed by atoms with Crippen molar-refractivity contribution in [2.75, 3.05) is 11.6 Å². The average Bonchev–Trinajstić information content (AvgIpc) is 3.10. The van der Waals surface area contributed by atoms with Crippen molar-refractivity contribution >= 4 is 41.2 Å². The van der Waals surface area contributed by atoms with Gasteiger partial charge in [-0.25, -0.2) is 9.47 Å². The van der Waals surface area contributed by atoms with Gasteiger partial charge in [0.1, 0.15) is 4.90 Å². The molecule has 2 aromatic rings. The van der Waals surface area contributed by atoms with Crippen LogP contribution in [0.15, 0.2) is 41.4 Å². The Hall–Kier alpha value is -1.51. The molecule has 5 nitrogen and oxygen atoms in total. The van der Waals surface area contributed by atoms with Crippen molar-refractivity contribution in [3.63, 3.8) is 0 Å². The molecule has 2 amide bonds. The maximum Gasteiger partial charge on any atom is 0.291 e. The number of pyridine rings is 1. The van der Waals surface area contributed by atoms with E-state index in [2.05, 4.69) is 17.6 Å². The quantitative estimate of drug-likeness (QED) is 0.527. The Kier molecular flexibility index (Phi) is 5.13. The summed E-state index contributed by atoms with van der Waals surface area (Å²) in [5.74, 6) is 0.498. The number of benzene rings is 1. The summed E-state index contributed by atoms with van der Waals surface area (Å²) in [7, 11) is 0. The molecule has 1 aromatic heterocycles. The van der Waals surface area contributed by atoms with Crippen LogP contribution in [0.25, 0.3) is 0 Å². The zero-order chi connectivity index (χ0) is 16.8. The van der Waals surface area contributed by atoms with E-state index < -0.39 is 0 Å². The minimum atomic E-state index is -0.231. The molecule has 4 rings (SSSR count). The van der Waals surface area contributed by atoms with E-state index in [4.69, 9.17) is 0 Å². The van der Waals surface area contributed by atoms with Crippen LogP contribution in [0.1, 0.15) is 26.3 Å². The topological polar surface area (TPSA) is 53.3 Å². The summed E-state index contributed by atoms with van der Waals surface area (Å²) >= 11 is 3.48. The molecule has 130 valence electrons. The molecular weight excluding hydrogens is 422 g/mol. The molecule has 0 radical (unpaired) electrons. The zero-order valence-electron chi connectivity index (χ0n) is 13.7. The largest absolute Gasteiger partial charge is 1.00 e. The molecule has 0 saturated carbocycles. The average molecular weight is 438 g/mol. The highest BCUT2D eigenvalue weighted by molar-refractivity contribution is 8.17. The van der Waals surface area contributed by atoms with Gasteiger partial charge in [-0.15, -0.1) is 11.8 Å². The number of rotatable bonds is 3. The predicted molar refractivity (Wildman–Crippen MR) is 95.1 cm³/mol. The van der Waals surface area contributed by atoms with Crippen molar-refractivity contribution in [2.24, 2.45) is 0 Å². The van der Waals surface area contributed by atoms with Gasteiger partial charge >= 0.3 is 0 Å². The lowest BCUT2D eigenvalue weighted by Gasteiger charge is -2.14. The molecule has 1 atom stereocenters. The molecule has 8 heteroatoms. The van der Waals surface area contributed by atoms with Crippen molar-refractivity contribution in [3.8, 4) is 0 Å². The Morgan fingerprint density at radius 2 is 1.88 bits per heavy atom. The van der Waals surface area contributed by atoms with E-state index in [9.17, 15) is 9.59 Å². The van der Waals surface area contributed by atoms with Crippen LogP contribution >= 0.6 is 23.5 Å². The maximum absolute atomic E-state index is 12.6. The third kappa shape index (κ3) is 3.07. The monoisotopic (exact) mass is 437 g/mol. The van der Waals surface area contributed by atoms with Crippen molar-refractivity contribution < 1.29 is 31.1 Å². The lowest BCUT2D eigenvalue weighted by Crippen LogP contribution is -3.00. The maximum atomic E-state index is 12.6. The highest BCUT2D eigenvalue weighted by Crippen LogP contribution is 2.40. The standard InChI is InChI=1S/C17H15N3O2S2.BrH/c1-10-7-13-14(18-17(23-2)24-13)19(8-10)9-20-15(21)11-5-3-4-6-12(11)16(20)22;/h3-8,17H,9H2,1-2H3;1H. The molecular formula is C17H16BrN3O2S2. The summed E-state index contributed by atoms with van der Waals surface area (Å²) in [6, 6.07) is 9.11. The Morgan fingerprint density at radius 1 is 1.24 bits per heavy atom. The van der Waals surface area contributed by atoms with Gasteiger partial charge in [0, 0.05) is 0 Å². The summed E-state index contributed by atoms with van der Waals surface area (Å²) in [4.78, 5) is 27.6. The normalized spacial score (nSPS) is 17.8. The van der Waals surface area contributed by atoms with Gasteiger partial charge in [-0.3, -0.25) is 14.9 Å². The van der Waals surface area contributed by atoms with Gasteiger partial charge in [-0.2, -0.15) is 0 Å². The van der Waals surface area contributed by atoms with Gasteiger partial charge in [0.2, 0.25) is 0 Å². The lowest BCUT2D eigenvalue weighted by molar-refractivity contribution is -0.697. The van der Waals surface area contributed by atoms with Crippen LogP contribution in [0.4, 0.5) is 5.82 Å². The number of nitrogens with zero attached hydrogens (tertiary/aromatic N) is 2. The Bertz CT molecular complexity index is 840. The summed E-state index contributed by atoms with van der Waals surface area (Å²) in [5, 5.41) is 3.44. The first-order valence-electron chi connectivity index (χ1n) is 7.54. The number of thioether (sulfide) groups is 2. The lowest BCUT2D eigenvalue weighted by atomic mass is 10.1. The van der Waals surface area contributed by atoms with Crippen LogP contribution in [0.5, 0.6) is 0 Å². The van der Waals surface area contributed by atoms with Crippen LogP contribution in [0.2, 0.25) is 0 Å². The molecule has 0 fully saturated rings. The number of carbonyl (C=O) groups is 2. The second kappa shape index (κ2) is 7.01. The van der Waals surface area contributed by atoms with Crippen molar-refractivity contribution in [3.05, 3.63) is 53.2 Å². The summed E-state index contributed by atoms with van der Waals surface area (Å²) in [6.45, 7) is 2.23. The van der Waals surface area contributed by atoms with Crippen molar-refractivity contribution in [1.82, 2.24) is 4.90 Å². The SMILES string of the molecule is CSC1Nc2c(cc(C)c[n+]2CN2C(=O)c3ccccc3C2=O)S1.[Br-]. The number of hydrogen-bond donors (Lipinski definition) is 1. The third-order valence-corrected chi connectivity index (χ3v) is 6.42. The summed E-state index contributed by atoms with van der Waals surface area (Å²) in [6.07, 6.45) is 4.02. The molecule has 0 saturated heterocycles. The number of aryl methyl sites for hydroxylation is 1. The van der Waals surface area contributed by atoms with Gasteiger partial charge in [0.15, 0.2) is 11.4 Å². The molecule has 1 aromatic carbocycles. The van der Waals surface area contributed by atoms with Crippen LogP contribution < -0.4 is 26.9 Å². The number of amides is 2. The number of carbonyl (C=O) groups excluding carboxylic acids is 2. The Balaban J connectivity index is 0.00000182. The molecule has 2 aliphatic heterocycles. The first-order valence-corrected chi connectivity index (χ1v) is 9.70. The van der Waals surface area contributed by atoms with Crippen molar-refractivity contribution in [1.29, 1.82) is 0 Å². The van der Waals surface area contributed by atoms with Crippen LogP contribution in [0, 0.1) is 6.92 Å². The fraction of sp³-hybridized carbons (Fsp3) is 0.235.